The van der Waals surface area contributed by atoms with Crippen LogP contribution in [0.3, 0.4) is 0 Å². The first kappa shape index (κ1) is 15.9. The monoisotopic (exact) mass is 340 g/mol. The molecule has 6 heteroatoms. The molecule has 4 nitrogen and oxygen atoms in total. The first-order valence-corrected chi connectivity index (χ1v) is 8.32. The predicted molar refractivity (Wildman–Crippen MR) is 93.2 cm³/mol. The van der Waals surface area contributed by atoms with Gasteiger partial charge in [-0.3, -0.25) is 0 Å². The lowest BCUT2D eigenvalue weighted by Gasteiger charge is -2.31. The van der Waals surface area contributed by atoms with E-state index in [2.05, 4.69) is 21.6 Å². The van der Waals surface area contributed by atoms with E-state index >= 15 is 0 Å². The minimum atomic E-state index is -0.533. The minimum absolute atomic E-state index is 0.0634. The van der Waals surface area contributed by atoms with Gasteiger partial charge in [-0.05, 0) is 42.8 Å². The predicted octanol–water partition coefficient (Wildman–Crippen LogP) is 3.48. The zero-order valence-electron chi connectivity index (χ0n) is 13.8. The SMILES string of the molecule is CN1c2c(C#N)cc(Nc3cc(F)ccc3F)cc2[C@@H]2CNCCC21. The molecule has 0 saturated carbocycles. The van der Waals surface area contributed by atoms with Crippen LogP contribution in [0.25, 0.3) is 0 Å². The van der Waals surface area contributed by atoms with Crippen LogP contribution in [-0.2, 0) is 0 Å². The van der Waals surface area contributed by atoms with Gasteiger partial charge in [-0.15, -0.1) is 0 Å². The van der Waals surface area contributed by atoms with Crippen molar-refractivity contribution in [2.24, 2.45) is 0 Å². The molecule has 2 aliphatic heterocycles. The molecule has 2 aromatic rings. The van der Waals surface area contributed by atoms with Crippen molar-refractivity contribution in [1.82, 2.24) is 5.32 Å². The standard InChI is InChI=1S/C19H18F2N4/c1-25-18-4-5-23-10-15(18)14-8-13(6-11(9-22)19(14)25)24-17-7-12(20)2-3-16(17)21/h2-3,6-8,15,18,23-24H,4-5,10H2,1H3/t15-,18?/m0/s1. The number of nitrogens with zero attached hydrogens (tertiary/aromatic N) is 2. The van der Waals surface area contributed by atoms with Crippen molar-refractivity contribution in [3.05, 3.63) is 53.1 Å². The number of piperidine rings is 1. The number of benzene rings is 2. The summed E-state index contributed by atoms with van der Waals surface area (Å²) in [5, 5.41) is 15.9. The number of fused-ring (bicyclic) bond motifs is 3. The number of hydrogen-bond donors (Lipinski definition) is 2. The van der Waals surface area contributed by atoms with Crippen molar-refractivity contribution >= 4 is 17.1 Å². The fourth-order valence-corrected chi connectivity index (χ4v) is 4.03. The molecule has 0 radical (unpaired) electrons. The van der Waals surface area contributed by atoms with Gasteiger partial charge in [-0.2, -0.15) is 5.26 Å². The molecule has 2 aliphatic rings. The fourth-order valence-electron chi connectivity index (χ4n) is 4.03. The summed E-state index contributed by atoms with van der Waals surface area (Å²) in [4.78, 5) is 2.19. The lowest BCUT2D eigenvalue weighted by molar-refractivity contribution is 0.413. The first-order chi connectivity index (χ1) is 12.1. The van der Waals surface area contributed by atoms with Crippen molar-refractivity contribution in [2.45, 2.75) is 18.4 Å². The second kappa shape index (κ2) is 6.01. The third-order valence-corrected chi connectivity index (χ3v) is 5.16. The molecule has 0 aromatic heterocycles. The second-order valence-electron chi connectivity index (χ2n) is 6.60. The van der Waals surface area contributed by atoms with Crippen LogP contribution in [0.2, 0.25) is 0 Å². The molecule has 1 fully saturated rings. The molecule has 1 unspecified atom stereocenters. The number of nitrogens with one attached hydrogen (secondary N) is 2. The van der Waals surface area contributed by atoms with Gasteiger partial charge in [-0.1, -0.05) is 0 Å². The number of likely N-dealkylation sites (N-methyl/N-ethyl adjacent to an activating group) is 1. The zero-order valence-corrected chi connectivity index (χ0v) is 13.8. The minimum Gasteiger partial charge on any atom is -0.370 e. The molecule has 2 N–H and O–H groups in total. The van der Waals surface area contributed by atoms with Crippen molar-refractivity contribution in [3.63, 3.8) is 0 Å². The summed E-state index contributed by atoms with van der Waals surface area (Å²) >= 11 is 0. The van der Waals surface area contributed by atoms with Crippen LogP contribution >= 0.6 is 0 Å². The molecule has 0 amide bonds. The van der Waals surface area contributed by atoms with Gasteiger partial charge in [0.15, 0.2) is 0 Å². The molecule has 2 atom stereocenters. The molecular formula is C19H18F2N4. The van der Waals surface area contributed by atoms with Gasteiger partial charge in [0.25, 0.3) is 0 Å². The van der Waals surface area contributed by atoms with Crippen LogP contribution < -0.4 is 15.5 Å². The number of anilines is 3. The highest BCUT2D eigenvalue weighted by Gasteiger charge is 2.39. The van der Waals surface area contributed by atoms with E-state index in [4.69, 9.17) is 0 Å². The molecule has 128 valence electrons. The van der Waals surface area contributed by atoms with Gasteiger partial charge in [0.2, 0.25) is 0 Å². The Labute approximate surface area is 145 Å². The Balaban J connectivity index is 1.77. The quantitative estimate of drug-likeness (QED) is 0.879. The van der Waals surface area contributed by atoms with Gasteiger partial charge < -0.3 is 15.5 Å². The summed E-state index contributed by atoms with van der Waals surface area (Å²) < 4.78 is 27.3. The third kappa shape index (κ3) is 2.61. The Kier molecular flexibility index (Phi) is 3.81. The summed E-state index contributed by atoms with van der Waals surface area (Å²) in [6.45, 7) is 1.81. The molecule has 1 saturated heterocycles. The second-order valence-corrected chi connectivity index (χ2v) is 6.60. The highest BCUT2D eigenvalue weighted by atomic mass is 19.1. The van der Waals surface area contributed by atoms with Crippen molar-refractivity contribution < 1.29 is 8.78 Å². The third-order valence-electron chi connectivity index (χ3n) is 5.16. The Bertz CT molecular complexity index is 874. The lowest BCUT2D eigenvalue weighted by Crippen LogP contribution is -2.42. The van der Waals surface area contributed by atoms with Crippen molar-refractivity contribution in [2.75, 3.05) is 30.4 Å². The van der Waals surface area contributed by atoms with Crippen LogP contribution in [0.1, 0.15) is 23.5 Å². The van der Waals surface area contributed by atoms with Crippen molar-refractivity contribution in [1.29, 1.82) is 5.26 Å². The molecule has 2 aromatic carbocycles. The van der Waals surface area contributed by atoms with E-state index in [1.807, 2.05) is 13.1 Å². The highest BCUT2D eigenvalue weighted by molar-refractivity contribution is 5.76. The smallest absolute Gasteiger partial charge is 0.146 e. The largest absolute Gasteiger partial charge is 0.370 e. The fraction of sp³-hybridized carbons (Fsp3) is 0.316. The van der Waals surface area contributed by atoms with E-state index < -0.39 is 11.6 Å². The first-order valence-electron chi connectivity index (χ1n) is 8.32. The molecule has 25 heavy (non-hydrogen) atoms. The summed E-state index contributed by atoms with van der Waals surface area (Å²) in [5.74, 6) is -0.753. The van der Waals surface area contributed by atoms with E-state index in [1.54, 1.807) is 6.07 Å². The van der Waals surface area contributed by atoms with E-state index in [1.165, 1.54) is 0 Å². The summed E-state index contributed by atoms with van der Waals surface area (Å²) in [6, 6.07) is 9.55. The maximum Gasteiger partial charge on any atom is 0.146 e. The van der Waals surface area contributed by atoms with Crippen LogP contribution in [0, 0.1) is 23.0 Å². The van der Waals surface area contributed by atoms with Gasteiger partial charge in [0, 0.05) is 37.3 Å². The van der Waals surface area contributed by atoms with E-state index in [0.29, 0.717) is 23.2 Å². The lowest BCUT2D eigenvalue weighted by atomic mass is 9.89. The van der Waals surface area contributed by atoms with Crippen LogP contribution in [0.15, 0.2) is 30.3 Å². The van der Waals surface area contributed by atoms with Gasteiger partial charge in [0.05, 0.1) is 16.9 Å². The van der Waals surface area contributed by atoms with Crippen LogP contribution in [0.5, 0.6) is 0 Å². The highest BCUT2D eigenvalue weighted by Crippen LogP contribution is 2.45. The molecular weight excluding hydrogens is 322 g/mol. The Hall–Kier alpha value is -2.65. The molecule has 2 heterocycles. The maximum atomic E-state index is 13.9. The molecule has 0 bridgehead atoms. The molecule has 0 spiro atoms. The van der Waals surface area contributed by atoms with Gasteiger partial charge in [0.1, 0.15) is 17.7 Å². The van der Waals surface area contributed by atoms with E-state index in [9.17, 15) is 14.0 Å². The van der Waals surface area contributed by atoms with Crippen LogP contribution in [-0.4, -0.2) is 26.2 Å². The Morgan fingerprint density at radius 1 is 1.28 bits per heavy atom. The van der Waals surface area contributed by atoms with E-state index in [0.717, 1.165) is 49.0 Å². The Morgan fingerprint density at radius 3 is 2.92 bits per heavy atom. The topological polar surface area (TPSA) is 51.1 Å². The zero-order chi connectivity index (χ0) is 17.6. The normalized spacial score (nSPS) is 21.4. The average molecular weight is 340 g/mol. The maximum absolute atomic E-state index is 13.9. The van der Waals surface area contributed by atoms with Gasteiger partial charge in [-0.25, -0.2) is 8.78 Å². The van der Waals surface area contributed by atoms with E-state index in [-0.39, 0.29) is 5.69 Å². The summed E-state index contributed by atoms with van der Waals surface area (Å²) in [7, 11) is 2.02. The number of halogens is 2. The molecule has 4 rings (SSSR count). The molecule has 0 aliphatic carbocycles. The van der Waals surface area contributed by atoms with Crippen LogP contribution in [0.4, 0.5) is 25.8 Å². The van der Waals surface area contributed by atoms with Gasteiger partial charge >= 0.3 is 0 Å². The van der Waals surface area contributed by atoms with Crippen molar-refractivity contribution in [3.8, 4) is 6.07 Å². The number of rotatable bonds is 2. The number of hydrogen-bond acceptors (Lipinski definition) is 4. The summed E-state index contributed by atoms with van der Waals surface area (Å²) in [5.41, 5.74) is 3.24. The Morgan fingerprint density at radius 2 is 2.12 bits per heavy atom. The summed E-state index contributed by atoms with van der Waals surface area (Å²) in [6.07, 6.45) is 1.02. The number of nitriles is 1. The average Bonchev–Trinajstić information content (AvgIpc) is 2.91.